The minimum absolute atomic E-state index is 0.621. The lowest BCUT2D eigenvalue weighted by atomic mass is 10.0. The maximum Gasteiger partial charge on any atom is 0.137 e. The van der Waals surface area contributed by atoms with Crippen molar-refractivity contribution in [2.45, 2.75) is 0 Å². The summed E-state index contributed by atoms with van der Waals surface area (Å²) in [6, 6.07) is 11.8. The largest absolute Gasteiger partial charge is 0.484 e. The second-order valence-corrected chi connectivity index (χ2v) is 31.6. The molecule has 162 valence electrons. The molecule has 7 heteroatoms. The highest BCUT2D eigenvalue weighted by Crippen LogP contribution is 2.67. The zero-order chi connectivity index (χ0) is 21.6. The molecule has 0 aliphatic carbocycles. The van der Waals surface area contributed by atoms with Gasteiger partial charge in [0.25, 0.3) is 0 Å². The van der Waals surface area contributed by atoms with Gasteiger partial charge in [0.05, 0.1) is 10.0 Å². The summed E-state index contributed by atoms with van der Waals surface area (Å²) < 4.78 is 12.9. The van der Waals surface area contributed by atoms with E-state index in [0.717, 1.165) is 33.0 Å². The van der Waals surface area contributed by atoms with E-state index in [9.17, 15) is 0 Å². The van der Waals surface area contributed by atoms with Gasteiger partial charge in [-0.2, -0.15) is 0 Å². The number of thiol groups is 1. The third kappa shape index (κ3) is 5.73. The van der Waals surface area contributed by atoms with Crippen LogP contribution in [0.4, 0.5) is 0 Å². The number of hydrogen-bond donors (Lipinski definition) is 1. The molecule has 29 heavy (non-hydrogen) atoms. The van der Waals surface area contributed by atoms with Crippen LogP contribution < -0.4 is 9.47 Å². The molecule has 0 aliphatic heterocycles. The topological polar surface area (TPSA) is 18.5 Å². The Morgan fingerprint density at radius 1 is 0.828 bits per heavy atom. The van der Waals surface area contributed by atoms with E-state index in [-0.39, 0.29) is 0 Å². The normalized spacial score (nSPS) is 14.6. The van der Waals surface area contributed by atoms with Gasteiger partial charge in [0.15, 0.2) is 0 Å². The van der Waals surface area contributed by atoms with Gasteiger partial charge < -0.3 is 9.47 Å². The first kappa shape index (κ1) is 23.5. The number of rotatable bonds is 6. The minimum atomic E-state index is -1.92. The standard InChI is InChI=1S/C22H29Cl2IO2S2/c1-28(2,3)13-26-21-15-9-7-8-10-16(15)22(27-14-29(4,5,6)25)20-18(24)12-11-17(23)19(20)21/h7-12,29H,13-14H2,1-6H3. The van der Waals surface area contributed by atoms with Crippen LogP contribution in [0.2, 0.25) is 10.0 Å². The average Bonchev–Trinajstić information content (AvgIpc) is 2.58. The Labute approximate surface area is 197 Å². The molecule has 0 aromatic heterocycles. The molecule has 0 fully saturated rings. The van der Waals surface area contributed by atoms with Gasteiger partial charge in [-0.25, -0.2) is 16.4 Å². The van der Waals surface area contributed by atoms with Crippen molar-refractivity contribution in [3.05, 3.63) is 46.4 Å². The molecule has 0 aliphatic rings. The number of fused-ring (bicyclic) bond motifs is 2. The van der Waals surface area contributed by atoms with Crippen LogP contribution in [0.15, 0.2) is 36.4 Å². The fraction of sp³-hybridized carbons (Fsp3) is 0.364. The van der Waals surface area contributed by atoms with Crippen LogP contribution in [0, 0.1) is 0 Å². The Morgan fingerprint density at radius 3 is 1.69 bits per heavy atom. The van der Waals surface area contributed by atoms with E-state index < -0.39 is 16.4 Å². The minimum Gasteiger partial charge on any atom is -0.484 e. The van der Waals surface area contributed by atoms with E-state index in [1.54, 1.807) is 0 Å². The van der Waals surface area contributed by atoms with Crippen LogP contribution in [0.3, 0.4) is 0 Å². The first-order valence-corrected chi connectivity index (χ1v) is 19.5. The van der Waals surface area contributed by atoms with E-state index in [0.29, 0.717) is 21.9 Å². The molecule has 0 radical (unpaired) electrons. The van der Waals surface area contributed by atoms with Crippen molar-refractivity contribution in [3.8, 4) is 11.5 Å². The summed E-state index contributed by atoms with van der Waals surface area (Å²) in [7, 11) is -0.856. The Bertz CT molecular complexity index is 1080. The van der Waals surface area contributed by atoms with E-state index in [4.69, 9.17) is 32.7 Å². The van der Waals surface area contributed by atoms with Crippen molar-refractivity contribution in [2.24, 2.45) is 0 Å². The van der Waals surface area contributed by atoms with E-state index >= 15 is 0 Å². The first-order chi connectivity index (χ1) is 13.2. The molecule has 0 saturated carbocycles. The third-order valence-electron chi connectivity index (χ3n) is 4.18. The summed E-state index contributed by atoms with van der Waals surface area (Å²) in [5.41, 5.74) is 0. The monoisotopic (exact) mass is 586 g/mol. The molecular formula is C22H29Cl2IO2S2. The number of ether oxygens (including phenoxy) is 2. The molecule has 0 heterocycles. The van der Waals surface area contributed by atoms with Gasteiger partial charge in [-0.3, -0.25) is 0 Å². The molecule has 0 atom stereocenters. The van der Waals surface area contributed by atoms with Gasteiger partial charge in [-0.15, -0.1) is 0 Å². The van der Waals surface area contributed by atoms with Gasteiger partial charge in [-0.1, -0.05) is 47.5 Å². The lowest BCUT2D eigenvalue weighted by molar-refractivity contribution is 0.393. The smallest absolute Gasteiger partial charge is 0.137 e. The third-order valence-corrected chi connectivity index (χ3v) is 7.47. The van der Waals surface area contributed by atoms with Crippen molar-refractivity contribution in [3.63, 3.8) is 0 Å². The van der Waals surface area contributed by atoms with Gasteiger partial charge in [0, 0.05) is 21.5 Å². The van der Waals surface area contributed by atoms with Gasteiger partial charge in [0.1, 0.15) is 23.4 Å². The molecule has 3 aromatic rings. The second-order valence-electron chi connectivity index (χ2n) is 9.53. The molecule has 0 spiro atoms. The zero-order valence-corrected chi connectivity index (χ0v) is 23.1. The Kier molecular flexibility index (Phi) is 6.51. The zero-order valence-electron chi connectivity index (χ0n) is 17.7. The summed E-state index contributed by atoms with van der Waals surface area (Å²) in [5.74, 6) is 2.88. The summed E-state index contributed by atoms with van der Waals surface area (Å²) in [6.07, 6.45) is 11.6. The summed E-state index contributed by atoms with van der Waals surface area (Å²) in [5, 5.41) is 4.90. The Balaban J connectivity index is 2.35. The number of halogens is 3. The van der Waals surface area contributed by atoms with Gasteiger partial charge in [-0.05, 0) is 70.9 Å². The number of hydrogen-bond acceptors (Lipinski definition) is 2. The van der Waals surface area contributed by atoms with E-state index in [1.807, 2.05) is 24.3 Å². The fourth-order valence-corrected chi connectivity index (χ4v) is 4.90. The van der Waals surface area contributed by atoms with Crippen LogP contribution >= 0.6 is 60.8 Å². The van der Waals surface area contributed by atoms with Crippen molar-refractivity contribution >= 4 is 82.3 Å². The summed E-state index contributed by atoms with van der Waals surface area (Å²) in [6.45, 7) is 0. The molecule has 2 nitrogen and oxygen atoms in total. The van der Waals surface area contributed by atoms with Crippen molar-refractivity contribution in [1.82, 2.24) is 0 Å². The van der Waals surface area contributed by atoms with Crippen LogP contribution in [0.1, 0.15) is 0 Å². The molecule has 3 aromatic carbocycles. The highest BCUT2D eigenvalue weighted by atomic mass is 127. The Morgan fingerprint density at radius 2 is 1.28 bits per heavy atom. The highest BCUT2D eigenvalue weighted by molar-refractivity contribution is 14.2. The molecule has 0 N–H and O–H groups in total. The lowest BCUT2D eigenvalue weighted by Crippen LogP contribution is -2.14. The Hall–Kier alpha value is -0.210. The average molecular weight is 587 g/mol. The summed E-state index contributed by atoms with van der Waals surface area (Å²) in [4.78, 5) is 0. The lowest BCUT2D eigenvalue weighted by Gasteiger charge is -2.43. The second kappa shape index (κ2) is 8.05. The van der Waals surface area contributed by atoms with Gasteiger partial charge in [0.2, 0.25) is 0 Å². The predicted molar refractivity (Wildman–Crippen MR) is 149 cm³/mol. The predicted octanol–water partition coefficient (Wildman–Crippen LogP) is 7.98. The van der Waals surface area contributed by atoms with Crippen LogP contribution in [0.25, 0.3) is 21.5 Å². The maximum atomic E-state index is 6.70. The molecule has 0 saturated heterocycles. The van der Waals surface area contributed by atoms with Crippen LogP contribution in [0.5, 0.6) is 11.5 Å². The molecule has 3 rings (SSSR count). The fourth-order valence-electron chi connectivity index (χ4n) is 2.96. The van der Waals surface area contributed by atoms with Crippen molar-refractivity contribution in [1.29, 1.82) is 0 Å². The van der Waals surface area contributed by atoms with E-state index in [1.165, 1.54) is 0 Å². The highest BCUT2D eigenvalue weighted by Gasteiger charge is 2.25. The quantitative estimate of drug-likeness (QED) is 0.179. The molecule has 0 unspecified atom stereocenters. The van der Waals surface area contributed by atoms with Crippen molar-refractivity contribution < 1.29 is 9.47 Å². The number of benzene rings is 3. The van der Waals surface area contributed by atoms with Crippen LogP contribution in [-0.2, 0) is 0 Å². The molecule has 0 amide bonds. The first-order valence-electron chi connectivity index (χ1n) is 9.19. The SMILES string of the molecule is CS(C)(C)COc1c2ccccc2c(OC[SH](C)(C)(C)I)c2c(Cl)ccc(Cl)c12. The molecular weight excluding hydrogens is 558 g/mol. The molecule has 0 bridgehead atoms. The van der Waals surface area contributed by atoms with E-state index in [2.05, 4.69) is 70.9 Å². The van der Waals surface area contributed by atoms with Crippen LogP contribution in [-0.4, -0.2) is 49.4 Å². The van der Waals surface area contributed by atoms with Crippen molar-refractivity contribution in [2.75, 3.05) is 49.4 Å². The van der Waals surface area contributed by atoms with Gasteiger partial charge >= 0.3 is 0 Å². The summed E-state index contributed by atoms with van der Waals surface area (Å²) >= 11 is 15.9. The maximum absolute atomic E-state index is 6.70.